The minimum absolute atomic E-state index is 0.0292. The van der Waals surface area contributed by atoms with Crippen LogP contribution in [0.1, 0.15) is 43.5 Å². The molecule has 2 N–H and O–H groups in total. The van der Waals surface area contributed by atoms with E-state index in [1.165, 1.54) is 0 Å². The van der Waals surface area contributed by atoms with Gasteiger partial charge in [-0.15, -0.1) is 0 Å². The second-order valence-corrected chi connectivity index (χ2v) is 5.95. The van der Waals surface area contributed by atoms with Gasteiger partial charge in [-0.25, -0.2) is 4.79 Å². The molecule has 0 aliphatic rings. The van der Waals surface area contributed by atoms with Gasteiger partial charge in [0.1, 0.15) is 6.04 Å². The quantitative estimate of drug-likeness (QED) is 0.720. The first-order chi connectivity index (χ1) is 10.3. The van der Waals surface area contributed by atoms with E-state index in [-0.39, 0.29) is 24.5 Å². The molecule has 0 radical (unpaired) electrons. The van der Waals surface area contributed by atoms with Gasteiger partial charge in [-0.1, -0.05) is 25.4 Å². The lowest BCUT2D eigenvalue weighted by atomic mass is 10.0. The van der Waals surface area contributed by atoms with Crippen LogP contribution in [0.15, 0.2) is 24.3 Å². The van der Waals surface area contributed by atoms with Crippen LogP contribution in [-0.2, 0) is 9.59 Å². The van der Waals surface area contributed by atoms with Crippen molar-refractivity contribution in [2.24, 2.45) is 5.92 Å². The topological polar surface area (TPSA) is 83.5 Å². The smallest absolute Gasteiger partial charge is 0.326 e. The van der Waals surface area contributed by atoms with E-state index in [2.05, 4.69) is 5.32 Å². The van der Waals surface area contributed by atoms with Gasteiger partial charge in [0, 0.05) is 23.4 Å². The number of aliphatic carboxylic acids is 1. The molecule has 1 rings (SSSR count). The largest absolute Gasteiger partial charge is 0.480 e. The van der Waals surface area contributed by atoms with Crippen molar-refractivity contribution < 1.29 is 19.5 Å². The van der Waals surface area contributed by atoms with Crippen LogP contribution in [0.5, 0.6) is 0 Å². The summed E-state index contributed by atoms with van der Waals surface area (Å²) in [6.45, 7) is 3.76. The Kier molecular flexibility index (Phi) is 7.05. The van der Waals surface area contributed by atoms with Gasteiger partial charge in [-0.05, 0) is 36.6 Å². The van der Waals surface area contributed by atoms with Crippen molar-refractivity contribution in [1.82, 2.24) is 5.32 Å². The molecule has 120 valence electrons. The molecule has 0 aliphatic heterocycles. The fourth-order valence-corrected chi connectivity index (χ4v) is 2.09. The molecule has 22 heavy (non-hydrogen) atoms. The summed E-state index contributed by atoms with van der Waals surface area (Å²) < 4.78 is 0. The number of ketones is 1. The predicted octanol–water partition coefficient (Wildman–Crippen LogP) is 2.92. The summed E-state index contributed by atoms with van der Waals surface area (Å²) in [7, 11) is 0. The molecule has 1 aromatic rings. The molecule has 1 atom stereocenters. The highest BCUT2D eigenvalue weighted by molar-refractivity contribution is 6.30. The van der Waals surface area contributed by atoms with E-state index >= 15 is 0 Å². The molecule has 0 saturated carbocycles. The Hall–Kier alpha value is -1.88. The van der Waals surface area contributed by atoms with Crippen LogP contribution >= 0.6 is 11.6 Å². The van der Waals surface area contributed by atoms with Gasteiger partial charge < -0.3 is 10.4 Å². The monoisotopic (exact) mass is 325 g/mol. The number of hydrogen-bond donors (Lipinski definition) is 2. The van der Waals surface area contributed by atoms with Crippen LogP contribution in [0.2, 0.25) is 5.02 Å². The highest BCUT2D eigenvalue weighted by Gasteiger charge is 2.21. The number of hydrogen-bond acceptors (Lipinski definition) is 3. The van der Waals surface area contributed by atoms with E-state index in [0.29, 0.717) is 17.0 Å². The zero-order valence-corrected chi connectivity index (χ0v) is 13.4. The summed E-state index contributed by atoms with van der Waals surface area (Å²) in [5, 5.41) is 12.0. The first-order valence-electron chi connectivity index (χ1n) is 7.10. The number of carbonyl (C=O) groups is 3. The summed E-state index contributed by atoms with van der Waals surface area (Å²) in [5.74, 6) is -1.53. The molecule has 0 bridgehead atoms. The maximum absolute atomic E-state index is 11.9. The Labute approximate surface area is 134 Å². The second kappa shape index (κ2) is 8.54. The maximum atomic E-state index is 11.9. The lowest BCUT2D eigenvalue weighted by Gasteiger charge is -2.16. The first kappa shape index (κ1) is 18.2. The third kappa shape index (κ3) is 6.26. The maximum Gasteiger partial charge on any atom is 0.326 e. The van der Waals surface area contributed by atoms with Crippen molar-refractivity contribution in [3.05, 3.63) is 34.9 Å². The number of halogens is 1. The number of nitrogens with one attached hydrogen (secondary N) is 1. The number of carbonyl (C=O) groups excluding carboxylic acids is 2. The Morgan fingerprint density at radius 2 is 1.73 bits per heavy atom. The number of Topliss-reactive ketones (excluding diaryl/α,β-unsaturated/α-hetero) is 1. The van der Waals surface area contributed by atoms with Crippen molar-refractivity contribution in [3.63, 3.8) is 0 Å². The molecular formula is C16H20ClNO4. The van der Waals surface area contributed by atoms with E-state index in [0.717, 1.165) is 0 Å². The molecule has 6 heteroatoms. The van der Waals surface area contributed by atoms with Gasteiger partial charge in [-0.2, -0.15) is 0 Å². The van der Waals surface area contributed by atoms with Gasteiger partial charge in [0.25, 0.3) is 0 Å². The van der Waals surface area contributed by atoms with Crippen LogP contribution in [-0.4, -0.2) is 28.8 Å². The van der Waals surface area contributed by atoms with Gasteiger partial charge >= 0.3 is 5.97 Å². The van der Waals surface area contributed by atoms with Crippen molar-refractivity contribution in [2.75, 3.05) is 0 Å². The van der Waals surface area contributed by atoms with Crippen LogP contribution < -0.4 is 5.32 Å². The third-order valence-corrected chi connectivity index (χ3v) is 3.34. The standard InChI is InChI=1S/C16H20ClNO4/c1-10(2)9-13(16(21)22)18-15(20)8-7-14(19)11-3-5-12(17)6-4-11/h3-6,10,13H,7-9H2,1-2H3,(H,18,20)(H,21,22). The molecule has 0 saturated heterocycles. The molecule has 0 heterocycles. The zero-order chi connectivity index (χ0) is 16.7. The molecule has 0 spiro atoms. The molecule has 1 aromatic carbocycles. The Morgan fingerprint density at radius 3 is 2.23 bits per heavy atom. The summed E-state index contributed by atoms with van der Waals surface area (Å²) in [5.41, 5.74) is 0.481. The molecule has 5 nitrogen and oxygen atoms in total. The van der Waals surface area contributed by atoms with Crippen LogP contribution in [0.4, 0.5) is 0 Å². The number of amides is 1. The predicted molar refractivity (Wildman–Crippen MR) is 84.0 cm³/mol. The Bertz CT molecular complexity index is 540. The van der Waals surface area contributed by atoms with Crippen LogP contribution in [0, 0.1) is 5.92 Å². The number of benzene rings is 1. The molecule has 0 aromatic heterocycles. The van der Waals surface area contributed by atoms with E-state index in [1.807, 2.05) is 13.8 Å². The Morgan fingerprint density at radius 1 is 1.14 bits per heavy atom. The lowest BCUT2D eigenvalue weighted by Crippen LogP contribution is -2.41. The third-order valence-electron chi connectivity index (χ3n) is 3.09. The number of carboxylic acid groups (broad SMARTS) is 1. The first-order valence-corrected chi connectivity index (χ1v) is 7.48. The average molecular weight is 326 g/mol. The minimum atomic E-state index is -1.06. The summed E-state index contributed by atoms with van der Waals surface area (Å²) >= 11 is 5.74. The SMILES string of the molecule is CC(C)CC(NC(=O)CCC(=O)c1ccc(Cl)cc1)C(=O)O. The van der Waals surface area contributed by atoms with Gasteiger partial charge in [-0.3, -0.25) is 9.59 Å². The van der Waals surface area contributed by atoms with Crippen LogP contribution in [0.3, 0.4) is 0 Å². The van der Waals surface area contributed by atoms with Crippen molar-refractivity contribution in [2.45, 2.75) is 39.2 Å². The van der Waals surface area contributed by atoms with E-state index in [4.69, 9.17) is 16.7 Å². The number of rotatable bonds is 8. The molecule has 1 unspecified atom stereocenters. The van der Waals surface area contributed by atoms with Gasteiger partial charge in [0.05, 0.1) is 0 Å². The summed E-state index contributed by atoms with van der Waals surface area (Å²) in [6, 6.07) is 5.50. The normalized spacial score (nSPS) is 12.0. The highest BCUT2D eigenvalue weighted by atomic mass is 35.5. The summed E-state index contributed by atoms with van der Waals surface area (Å²) in [4.78, 5) is 34.8. The molecule has 0 aliphatic carbocycles. The van der Waals surface area contributed by atoms with E-state index in [9.17, 15) is 14.4 Å². The molecular weight excluding hydrogens is 306 g/mol. The highest BCUT2D eigenvalue weighted by Crippen LogP contribution is 2.12. The van der Waals surface area contributed by atoms with Crippen molar-refractivity contribution in [3.8, 4) is 0 Å². The van der Waals surface area contributed by atoms with Crippen molar-refractivity contribution >= 4 is 29.3 Å². The fraction of sp³-hybridized carbons (Fsp3) is 0.438. The molecule has 1 amide bonds. The summed E-state index contributed by atoms with van der Waals surface area (Å²) in [6.07, 6.45) is 0.344. The zero-order valence-electron chi connectivity index (χ0n) is 12.6. The second-order valence-electron chi connectivity index (χ2n) is 5.52. The van der Waals surface area contributed by atoms with Gasteiger partial charge in [0.2, 0.25) is 5.91 Å². The Balaban J connectivity index is 2.49. The minimum Gasteiger partial charge on any atom is -0.480 e. The number of carboxylic acids is 1. The van der Waals surface area contributed by atoms with E-state index < -0.39 is 17.9 Å². The lowest BCUT2D eigenvalue weighted by molar-refractivity contribution is -0.142. The van der Waals surface area contributed by atoms with Crippen LogP contribution in [0.25, 0.3) is 0 Å². The van der Waals surface area contributed by atoms with Gasteiger partial charge in [0.15, 0.2) is 5.78 Å². The molecule has 0 fully saturated rings. The van der Waals surface area contributed by atoms with Crippen molar-refractivity contribution in [1.29, 1.82) is 0 Å². The van der Waals surface area contributed by atoms with E-state index in [1.54, 1.807) is 24.3 Å². The average Bonchev–Trinajstić information content (AvgIpc) is 2.44. The fourth-order valence-electron chi connectivity index (χ4n) is 1.97.